The predicted molar refractivity (Wildman–Crippen MR) is 69.1 cm³/mol. The lowest BCUT2D eigenvalue weighted by molar-refractivity contribution is -0.275. The van der Waals surface area contributed by atoms with Crippen LogP contribution < -0.4 is 9.47 Å². The van der Waals surface area contributed by atoms with Gasteiger partial charge in [-0.25, -0.2) is 0 Å². The molecule has 0 aromatic heterocycles. The van der Waals surface area contributed by atoms with Crippen molar-refractivity contribution in [3.8, 4) is 11.5 Å². The number of rotatable bonds is 4. The molecule has 0 atom stereocenters. The summed E-state index contributed by atoms with van der Waals surface area (Å²) >= 11 is 0. The van der Waals surface area contributed by atoms with Crippen molar-refractivity contribution in [2.24, 2.45) is 0 Å². The van der Waals surface area contributed by atoms with Crippen LogP contribution in [0, 0.1) is 0 Å². The van der Waals surface area contributed by atoms with Gasteiger partial charge in [0.25, 0.3) is 0 Å². The topological polar surface area (TPSA) is 18.5 Å². The van der Waals surface area contributed by atoms with E-state index in [4.69, 9.17) is 0 Å². The first kappa shape index (κ1) is 17.0. The van der Waals surface area contributed by atoms with E-state index in [1.165, 1.54) is 24.3 Å². The van der Waals surface area contributed by atoms with Gasteiger partial charge in [0.1, 0.15) is 11.5 Å². The Balaban J connectivity index is 2.06. The molecule has 8 heteroatoms. The van der Waals surface area contributed by atoms with Crippen LogP contribution in [0.15, 0.2) is 48.5 Å². The first-order chi connectivity index (χ1) is 10.6. The van der Waals surface area contributed by atoms with Crippen LogP contribution in [-0.4, -0.2) is 12.7 Å². The number of hydrogen-bond acceptors (Lipinski definition) is 2. The quantitative estimate of drug-likeness (QED) is 0.726. The summed E-state index contributed by atoms with van der Waals surface area (Å²) in [5.74, 6) is -0.720. The summed E-state index contributed by atoms with van der Waals surface area (Å²) < 4.78 is 80.1. The van der Waals surface area contributed by atoms with Crippen LogP contribution >= 0.6 is 0 Å². The number of ether oxygens (including phenoxy) is 2. The van der Waals surface area contributed by atoms with Crippen LogP contribution in [0.1, 0.15) is 11.1 Å². The van der Waals surface area contributed by atoms with Crippen molar-refractivity contribution < 1.29 is 35.8 Å². The van der Waals surface area contributed by atoms with Gasteiger partial charge >= 0.3 is 12.7 Å². The van der Waals surface area contributed by atoms with Gasteiger partial charge in [-0.1, -0.05) is 24.3 Å². The molecule has 0 aliphatic rings. The van der Waals surface area contributed by atoms with Gasteiger partial charge in [0.2, 0.25) is 0 Å². The molecule has 23 heavy (non-hydrogen) atoms. The lowest BCUT2D eigenvalue weighted by Gasteiger charge is -2.11. The summed E-state index contributed by atoms with van der Waals surface area (Å²) in [7, 11) is 0. The first-order valence-electron chi connectivity index (χ1n) is 6.30. The third-order valence-corrected chi connectivity index (χ3v) is 2.70. The molecular formula is C15H10F6O2. The molecule has 2 aromatic rings. The van der Waals surface area contributed by atoms with Gasteiger partial charge in [0, 0.05) is 0 Å². The molecule has 0 spiro atoms. The Bertz CT molecular complexity index is 646. The Hall–Kier alpha value is -2.38. The van der Waals surface area contributed by atoms with Gasteiger partial charge in [-0.3, -0.25) is 0 Å². The number of benzene rings is 2. The van der Waals surface area contributed by atoms with Crippen LogP contribution in [-0.2, 0) is 6.42 Å². The normalized spacial score (nSPS) is 12.1. The van der Waals surface area contributed by atoms with Gasteiger partial charge in [-0.05, 0) is 41.8 Å². The minimum atomic E-state index is -4.78. The fourth-order valence-corrected chi connectivity index (χ4v) is 1.90. The third kappa shape index (κ3) is 6.09. The molecule has 2 nitrogen and oxygen atoms in total. The molecule has 0 amide bonds. The Kier molecular flexibility index (Phi) is 4.72. The van der Waals surface area contributed by atoms with E-state index in [2.05, 4.69) is 9.47 Å². The molecule has 0 fully saturated rings. The Morgan fingerprint density at radius 1 is 0.652 bits per heavy atom. The van der Waals surface area contributed by atoms with Gasteiger partial charge in [-0.2, -0.15) is 0 Å². The lowest BCUT2D eigenvalue weighted by Crippen LogP contribution is -2.17. The zero-order valence-corrected chi connectivity index (χ0v) is 11.4. The predicted octanol–water partition coefficient (Wildman–Crippen LogP) is 5.07. The summed E-state index contributed by atoms with van der Waals surface area (Å²) in [4.78, 5) is 0. The van der Waals surface area contributed by atoms with E-state index in [1.807, 2.05) is 0 Å². The zero-order valence-electron chi connectivity index (χ0n) is 11.4. The highest BCUT2D eigenvalue weighted by Crippen LogP contribution is 2.26. The van der Waals surface area contributed by atoms with E-state index < -0.39 is 12.7 Å². The average Bonchev–Trinajstić information content (AvgIpc) is 2.38. The Morgan fingerprint density at radius 3 is 1.78 bits per heavy atom. The summed E-state index contributed by atoms with van der Waals surface area (Å²) in [6, 6.07) is 10.4. The molecule has 124 valence electrons. The molecule has 2 rings (SSSR count). The van der Waals surface area contributed by atoms with Crippen LogP contribution in [0.3, 0.4) is 0 Å². The number of alkyl halides is 6. The number of hydrogen-bond donors (Lipinski definition) is 0. The van der Waals surface area contributed by atoms with Crippen molar-refractivity contribution in [2.75, 3.05) is 0 Å². The summed E-state index contributed by atoms with van der Waals surface area (Å²) in [6.07, 6.45) is -9.32. The van der Waals surface area contributed by atoms with E-state index >= 15 is 0 Å². The molecule has 0 saturated carbocycles. The van der Waals surface area contributed by atoms with E-state index in [0.29, 0.717) is 11.1 Å². The van der Waals surface area contributed by atoms with Crippen molar-refractivity contribution >= 4 is 0 Å². The maximum Gasteiger partial charge on any atom is 0.573 e. The van der Waals surface area contributed by atoms with Gasteiger partial charge in [-0.15, -0.1) is 26.3 Å². The SMILES string of the molecule is FC(F)(F)Oc1ccc(Cc2cccc(OC(F)(F)F)c2)cc1. The van der Waals surface area contributed by atoms with E-state index in [0.717, 1.165) is 18.2 Å². The molecule has 2 aromatic carbocycles. The second kappa shape index (κ2) is 6.39. The molecule has 0 aliphatic heterocycles. The Labute approximate surface area is 127 Å². The van der Waals surface area contributed by atoms with Crippen molar-refractivity contribution in [2.45, 2.75) is 19.1 Å². The smallest absolute Gasteiger partial charge is 0.406 e. The van der Waals surface area contributed by atoms with Crippen molar-refractivity contribution in [3.63, 3.8) is 0 Å². The molecule has 0 saturated heterocycles. The van der Waals surface area contributed by atoms with Gasteiger partial charge < -0.3 is 9.47 Å². The average molecular weight is 336 g/mol. The van der Waals surface area contributed by atoms with Crippen molar-refractivity contribution in [1.82, 2.24) is 0 Å². The van der Waals surface area contributed by atoms with Crippen molar-refractivity contribution in [3.05, 3.63) is 59.7 Å². The lowest BCUT2D eigenvalue weighted by atomic mass is 10.0. The fourth-order valence-electron chi connectivity index (χ4n) is 1.90. The Morgan fingerprint density at radius 2 is 1.22 bits per heavy atom. The molecule has 0 bridgehead atoms. The minimum absolute atomic E-state index is 0.237. The maximum atomic E-state index is 12.2. The summed E-state index contributed by atoms with van der Waals surface area (Å²) in [6.45, 7) is 0. The highest BCUT2D eigenvalue weighted by molar-refractivity contribution is 5.35. The molecule has 0 radical (unpaired) electrons. The molecule has 0 aliphatic carbocycles. The highest BCUT2D eigenvalue weighted by Gasteiger charge is 2.31. The highest BCUT2D eigenvalue weighted by atomic mass is 19.4. The standard InChI is InChI=1S/C15H10F6O2/c16-14(17,18)22-12-6-4-10(5-7-12)8-11-2-1-3-13(9-11)23-15(19,20)21/h1-7,9H,8H2. The third-order valence-electron chi connectivity index (χ3n) is 2.70. The van der Waals surface area contributed by atoms with Crippen LogP contribution in [0.2, 0.25) is 0 Å². The van der Waals surface area contributed by atoms with Crippen LogP contribution in [0.5, 0.6) is 11.5 Å². The maximum absolute atomic E-state index is 12.2. The fraction of sp³-hybridized carbons (Fsp3) is 0.200. The molecule has 0 N–H and O–H groups in total. The van der Waals surface area contributed by atoms with E-state index in [-0.39, 0.29) is 17.9 Å². The summed E-state index contributed by atoms with van der Waals surface area (Å²) in [5.41, 5.74) is 1.14. The first-order valence-corrected chi connectivity index (χ1v) is 6.30. The largest absolute Gasteiger partial charge is 0.573 e. The van der Waals surface area contributed by atoms with Crippen molar-refractivity contribution in [1.29, 1.82) is 0 Å². The van der Waals surface area contributed by atoms with Crippen LogP contribution in [0.25, 0.3) is 0 Å². The molecule has 0 heterocycles. The summed E-state index contributed by atoms with van der Waals surface area (Å²) in [5, 5.41) is 0. The minimum Gasteiger partial charge on any atom is -0.406 e. The number of halogens is 6. The molecular weight excluding hydrogens is 326 g/mol. The zero-order chi connectivity index (χ0) is 17.1. The van der Waals surface area contributed by atoms with Crippen LogP contribution in [0.4, 0.5) is 26.3 Å². The second-order valence-electron chi connectivity index (χ2n) is 4.56. The monoisotopic (exact) mass is 336 g/mol. The van der Waals surface area contributed by atoms with Gasteiger partial charge in [0.05, 0.1) is 0 Å². The van der Waals surface area contributed by atoms with Gasteiger partial charge in [0.15, 0.2) is 0 Å². The van der Waals surface area contributed by atoms with E-state index in [1.54, 1.807) is 6.07 Å². The second-order valence-corrected chi connectivity index (χ2v) is 4.56. The molecule has 0 unspecified atom stereocenters. The van der Waals surface area contributed by atoms with E-state index in [9.17, 15) is 26.3 Å².